The van der Waals surface area contributed by atoms with E-state index in [-0.39, 0.29) is 5.91 Å². The number of likely N-dealkylation sites (N-methyl/N-ethyl adjacent to an activating group) is 1. The highest BCUT2D eigenvalue weighted by atomic mass is 35.5. The number of nitrogens with one attached hydrogen (secondary N) is 1. The molecule has 6 heteroatoms. The van der Waals surface area contributed by atoms with E-state index in [1.54, 1.807) is 12.3 Å². The van der Waals surface area contributed by atoms with Gasteiger partial charge < -0.3 is 15.1 Å². The molecule has 1 N–H and O–H groups in total. The number of amides is 1. The Kier molecular flexibility index (Phi) is 5.56. The Bertz CT molecular complexity index is 740. The Hall–Kier alpha value is -2.11. The van der Waals surface area contributed by atoms with Crippen LogP contribution in [-0.4, -0.2) is 53.4 Å². The van der Waals surface area contributed by atoms with E-state index in [0.717, 1.165) is 54.7 Å². The molecule has 5 nitrogen and oxygen atoms in total. The Morgan fingerprint density at radius 2 is 1.88 bits per heavy atom. The third-order valence-electron chi connectivity index (χ3n) is 4.55. The molecule has 0 bridgehead atoms. The summed E-state index contributed by atoms with van der Waals surface area (Å²) in [5.41, 5.74) is 3.24. The van der Waals surface area contributed by atoms with E-state index in [0.29, 0.717) is 5.69 Å². The van der Waals surface area contributed by atoms with Crippen molar-refractivity contribution in [1.29, 1.82) is 0 Å². The first-order valence-corrected chi connectivity index (χ1v) is 8.95. The van der Waals surface area contributed by atoms with E-state index in [4.69, 9.17) is 11.6 Å². The number of rotatable bonds is 4. The van der Waals surface area contributed by atoms with Gasteiger partial charge in [0.2, 0.25) is 0 Å². The normalized spacial score (nSPS) is 15.2. The highest BCUT2D eigenvalue weighted by Crippen LogP contribution is 2.23. The second-order valence-electron chi connectivity index (χ2n) is 6.25. The third-order valence-corrected chi connectivity index (χ3v) is 4.96. The summed E-state index contributed by atoms with van der Waals surface area (Å²) in [6, 6.07) is 9.45. The molecule has 3 rings (SSSR count). The summed E-state index contributed by atoms with van der Waals surface area (Å²) >= 11 is 6.14. The van der Waals surface area contributed by atoms with Gasteiger partial charge >= 0.3 is 0 Å². The molecule has 1 aliphatic rings. The smallest absolute Gasteiger partial charge is 0.272 e. The lowest BCUT2D eigenvalue weighted by Gasteiger charge is -2.33. The van der Waals surface area contributed by atoms with Crippen molar-refractivity contribution in [2.75, 3.05) is 38.0 Å². The second-order valence-corrected chi connectivity index (χ2v) is 6.65. The lowest BCUT2D eigenvalue weighted by Crippen LogP contribution is -2.48. The molecule has 1 fully saturated rings. The van der Waals surface area contributed by atoms with Crippen LogP contribution in [0.2, 0.25) is 5.02 Å². The van der Waals surface area contributed by atoms with E-state index in [1.807, 2.05) is 36.1 Å². The molecule has 1 amide bonds. The van der Waals surface area contributed by atoms with Crippen LogP contribution in [0.3, 0.4) is 0 Å². The number of nitrogens with zero attached hydrogens (tertiary/aromatic N) is 3. The number of anilines is 2. The van der Waals surface area contributed by atoms with Crippen molar-refractivity contribution in [2.24, 2.45) is 0 Å². The summed E-state index contributed by atoms with van der Waals surface area (Å²) in [5.74, 6) is 0.000633. The van der Waals surface area contributed by atoms with Crippen LogP contribution in [0.15, 0.2) is 36.5 Å². The Labute approximate surface area is 153 Å². The summed E-state index contributed by atoms with van der Waals surface area (Å²) in [6.07, 6.45) is 1.68. The van der Waals surface area contributed by atoms with Gasteiger partial charge in [0.25, 0.3) is 5.91 Å². The zero-order chi connectivity index (χ0) is 17.8. The largest absolute Gasteiger partial charge is 0.354 e. The molecule has 0 saturated carbocycles. The van der Waals surface area contributed by atoms with Gasteiger partial charge in [-0.25, -0.2) is 4.98 Å². The number of halogens is 1. The molecule has 0 radical (unpaired) electrons. The van der Waals surface area contributed by atoms with E-state index in [2.05, 4.69) is 22.1 Å². The van der Waals surface area contributed by atoms with Crippen LogP contribution in [0, 0.1) is 6.92 Å². The van der Waals surface area contributed by atoms with Gasteiger partial charge in [0, 0.05) is 36.9 Å². The number of benzene rings is 1. The topological polar surface area (TPSA) is 48.5 Å². The summed E-state index contributed by atoms with van der Waals surface area (Å²) in [5, 5.41) is 3.97. The van der Waals surface area contributed by atoms with E-state index < -0.39 is 0 Å². The molecule has 25 heavy (non-hydrogen) atoms. The molecular formula is C19H23ClN4O. The maximum Gasteiger partial charge on any atom is 0.272 e. The van der Waals surface area contributed by atoms with Gasteiger partial charge in [-0.05, 0) is 43.3 Å². The van der Waals surface area contributed by atoms with Crippen LogP contribution < -0.4 is 5.32 Å². The summed E-state index contributed by atoms with van der Waals surface area (Å²) in [4.78, 5) is 21.1. The van der Waals surface area contributed by atoms with Crippen molar-refractivity contribution in [3.05, 3.63) is 52.8 Å². The number of aromatic nitrogens is 1. The number of hydrogen-bond donors (Lipinski definition) is 1. The average molecular weight is 359 g/mol. The fourth-order valence-electron chi connectivity index (χ4n) is 2.86. The maximum absolute atomic E-state index is 12.6. The highest BCUT2D eigenvalue weighted by Gasteiger charge is 2.22. The zero-order valence-electron chi connectivity index (χ0n) is 14.6. The van der Waals surface area contributed by atoms with E-state index >= 15 is 0 Å². The number of pyridine rings is 1. The molecule has 1 saturated heterocycles. The monoisotopic (exact) mass is 358 g/mol. The fourth-order valence-corrected chi connectivity index (χ4v) is 3.04. The SMILES string of the molecule is CCN1CCN(C(=O)c2ccc(Nc3ccc(C)c(Cl)c3)cn2)CC1. The molecular weight excluding hydrogens is 336 g/mol. The summed E-state index contributed by atoms with van der Waals surface area (Å²) in [7, 11) is 0. The Morgan fingerprint density at radius 3 is 2.48 bits per heavy atom. The number of aryl methyl sites for hydroxylation is 1. The number of carbonyl (C=O) groups excluding carboxylic acids is 1. The zero-order valence-corrected chi connectivity index (χ0v) is 15.4. The number of carbonyl (C=O) groups is 1. The Morgan fingerprint density at radius 1 is 1.16 bits per heavy atom. The first kappa shape index (κ1) is 17.7. The lowest BCUT2D eigenvalue weighted by atomic mass is 10.2. The number of piperazine rings is 1. The van der Waals surface area contributed by atoms with Gasteiger partial charge in [-0.15, -0.1) is 0 Å². The van der Waals surface area contributed by atoms with Crippen molar-refractivity contribution in [1.82, 2.24) is 14.8 Å². The minimum atomic E-state index is 0.000633. The lowest BCUT2D eigenvalue weighted by molar-refractivity contribution is 0.0637. The van der Waals surface area contributed by atoms with Gasteiger partial charge in [0.1, 0.15) is 5.69 Å². The standard InChI is InChI=1S/C19H23ClN4O/c1-3-23-8-10-24(11-9-23)19(25)18-7-6-16(13-21-18)22-15-5-4-14(2)17(20)12-15/h4-7,12-13,22H,3,8-11H2,1-2H3. The van der Waals surface area contributed by atoms with Crippen LogP contribution >= 0.6 is 11.6 Å². The quantitative estimate of drug-likeness (QED) is 0.907. The first-order valence-electron chi connectivity index (χ1n) is 8.57. The van der Waals surface area contributed by atoms with Gasteiger partial charge in [-0.2, -0.15) is 0 Å². The van der Waals surface area contributed by atoms with Crippen molar-refractivity contribution >= 4 is 28.9 Å². The third kappa shape index (κ3) is 4.30. The molecule has 2 heterocycles. The minimum absolute atomic E-state index is 0.000633. The van der Waals surface area contributed by atoms with Crippen molar-refractivity contribution < 1.29 is 4.79 Å². The molecule has 132 valence electrons. The van der Waals surface area contributed by atoms with Gasteiger partial charge in [-0.1, -0.05) is 24.6 Å². The van der Waals surface area contributed by atoms with Crippen LogP contribution in [0.1, 0.15) is 23.0 Å². The average Bonchev–Trinajstić information content (AvgIpc) is 2.65. The van der Waals surface area contributed by atoms with Crippen molar-refractivity contribution in [3.8, 4) is 0 Å². The molecule has 1 aliphatic heterocycles. The number of hydrogen-bond acceptors (Lipinski definition) is 4. The Balaban J connectivity index is 1.63. The predicted molar refractivity (Wildman–Crippen MR) is 102 cm³/mol. The molecule has 0 spiro atoms. The summed E-state index contributed by atoms with van der Waals surface area (Å²) < 4.78 is 0. The van der Waals surface area contributed by atoms with Crippen molar-refractivity contribution in [3.63, 3.8) is 0 Å². The fraction of sp³-hybridized carbons (Fsp3) is 0.368. The van der Waals surface area contributed by atoms with E-state index in [9.17, 15) is 4.79 Å². The molecule has 0 aliphatic carbocycles. The molecule has 1 aromatic carbocycles. The molecule has 2 aromatic rings. The highest BCUT2D eigenvalue weighted by molar-refractivity contribution is 6.31. The van der Waals surface area contributed by atoms with Crippen molar-refractivity contribution in [2.45, 2.75) is 13.8 Å². The molecule has 1 aromatic heterocycles. The maximum atomic E-state index is 12.6. The van der Waals surface area contributed by atoms with Gasteiger partial charge in [-0.3, -0.25) is 4.79 Å². The van der Waals surface area contributed by atoms with Crippen LogP contribution in [0.25, 0.3) is 0 Å². The second kappa shape index (κ2) is 7.85. The van der Waals surface area contributed by atoms with Crippen LogP contribution in [0.4, 0.5) is 11.4 Å². The molecule has 0 atom stereocenters. The van der Waals surface area contributed by atoms with Gasteiger partial charge in [0.05, 0.1) is 11.9 Å². The van der Waals surface area contributed by atoms with E-state index in [1.165, 1.54) is 0 Å². The van der Waals surface area contributed by atoms with Crippen LogP contribution in [-0.2, 0) is 0 Å². The molecule has 0 unspecified atom stereocenters. The summed E-state index contributed by atoms with van der Waals surface area (Å²) in [6.45, 7) is 8.52. The predicted octanol–water partition coefficient (Wildman–Crippen LogP) is 3.56. The van der Waals surface area contributed by atoms with Crippen LogP contribution in [0.5, 0.6) is 0 Å². The minimum Gasteiger partial charge on any atom is -0.354 e. The van der Waals surface area contributed by atoms with Gasteiger partial charge in [0.15, 0.2) is 0 Å². The first-order chi connectivity index (χ1) is 12.1.